The van der Waals surface area contributed by atoms with Crippen LogP contribution in [0.25, 0.3) is 21.5 Å². The first kappa shape index (κ1) is 11.2. The summed E-state index contributed by atoms with van der Waals surface area (Å²) < 4.78 is 0. The van der Waals surface area contributed by atoms with Gasteiger partial charge in [-0.15, -0.1) is 41.3 Å². The van der Waals surface area contributed by atoms with Gasteiger partial charge in [-0.1, -0.05) is 66.5 Å². The van der Waals surface area contributed by atoms with Gasteiger partial charge >= 0.3 is 0 Å². The summed E-state index contributed by atoms with van der Waals surface area (Å²) in [5, 5.41) is 5.88. The Morgan fingerprint density at radius 3 is 2.42 bits per heavy atom. The van der Waals surface area contributed by atoms with Crippen LogP contribution in [0.3, 0.4) is 0 Å². The normalized spacial score (nSPS) is 17.3. The van der Waals surface area contributed by atoms with E-state index in [1.807, 2.05) is 0 Å². The monoisotopic (exact) mass is 247 g/mol. The molecule has 0 spiro atoms. The van der Waals surface area contributed by atoms with Gasteiger partial charge < -0.3 is 0 Å². The molecule has 0 saturated heterocycles. The molecule has 0 bridgehead atoms. The number of rotatable bonds is 1. The second-order valence-corrected chi connectivity index (χ2v) is 5.84. The van der Waals surface area contributed by atoms with Gasteiger partial charge in [-0.25, -0.2) is 0 Å². The smallest absolute Gasteiger partial charge is 0.0437 e. The average molecular weight is 247 g/mol. The molecule has 0 radical (unpaired) electrons. The van der Waals surface area contributed by atoms with Crippen LogP contribution in [0, 0.1) is 0 Å². The Balaban J connectivity index is 2.04. The Bertz CT molecular complexity index is 658. The van der Waals surface area contributed by atoms with E-state index in [9.17, 15) is 0 Å². The summed E-state index contributed by atoms with van der Waals surface area (Å²) in [6.45, 7) is 0. The maximum Gasteiger partial charge on any atom is -0.0437 e. The topological polar surface area (TPSA) is 0 Å². The molecule has 96 valence electrons. The van der Waals surface area contributed by atoms with Crippen LogP contribution in [0.2, 0.25) is 0 Å². The molecule has 0 N–H and O–H groups in total. The molecule has 0 unspecified atom stereocenters. The molecule has 3 aromatic carbocycles. The van der Waals surface area contributed by atoms with Crippen molar-refractivity contribution in [3.8, 4) is 0 Å². The van der Waals surface area contributed by atoms with Crippen LogP contribution in [-0.2, 0) is 0 Å². The van der Waals surface area contributed by atoms with Crippen molar-refractivity contribution in [1.29, 1.82) is 0 Å². The summed E-state index contributed by atoms with van der Waals surface area (Å²) in [5.74, 6) is 0.776. The van der Waals surface area contributed by atoms with Crippen molar-refractivity contribution in [1.82, 2.24) is 0 Å². The van der Waals surface area contributed by atoms with Crippen molar-refractivity contribution in [2.24, 2.45) is 0 Å². The summed E-state index contributed by atoms with van der Waals surface area (Å²) in [6.07, 6.45) is 6.97. The van der Waals surface area contributed by atoms with Gasteiger partial charge in [-0.2, -0.15) is 0 Å². The second kappa shape index (κ2) is 4.45. The zero-order valence-electron chi connectivity index (χ0n) is 11.2. The Morgan fingerprint density at radius 1 is 0.789 bits per heavy atom. The summed E-state index contributed by atoms with van der Waals surface area (Å²) in [4.78, 5) is 0. The standard InChI is InChI=1S/C19H19/c1-2-8-14(9-3-1)19-17-12-6-4-10-15(17)16-11-5-7-13-18(16)19/h4-7,10-14H,1-3,8-9H2/q-1. The maximum absolute atomic E-state index is 2.32. The minimum Gasteiger partial charge on any atom is -0.117 e. The highest BCUT2D eigenvalue weighted by Crippen LogP contribution is 2.43. The number of benzene rings is 2. The molecule has 0 heterocycles. The lowest BCUT2D eigenvalue weighted by Gasteiger charge is -2.25. The fourth-order valence-electron chi connectivity index (χ4n) is 3.88. The van der Waals surface area contributed by atoms with Crippen LogP contribution in [-0.4, -0.2) is 0 Å². The Kier molecular flexibility index (Phi) is 2.61. The summed E-state index contributed by atoms with van der Waals surface area (Å²) >= 11 is 0. The molecule has 19 heavy (non-hydrogen) atoms. The molecule has 1 aliphatic rings. The first-order valence-corrected chi connectivity index (χ1v) is 7.51. The van der Waals surface area contributed by atoms with E-state index in [4.69, 9.17) is 0 Å². The Morgan fingerprint density at radius 2 is 1.53 bits per heavy atom. The van der Waals surface area contributed by atoms with Crippen LogP contribution in [0.15, 0.2) is 48.5 Å². The van der Waals surface area contributed by atoms with Gasteiger partial charge in [-0.05, 0) is 5.92 Å². The van der Waals surface area contributed by atoms with Gasteiger partial charge in [0.05, 0.1) is 0 Å². The Hall–Kier alpha value is -1.69. The lowest BCUT2D eigenvalue weighted by molar-refractivity contribution is 0.447. The summed E-state index contributed by atoms with van der Waals surface area (Å²) in [7, 11) is 0. The zero-order valence-corrected chi connectivity index (χ0v) is 11.2. The maximum atomic E-state index is 2.32. The van der Waals surface area contributed by atoms with Gasteiger partial charge in [0.2, 0.25) is 0 Å². The average Bonchev–Trinajstić information content (AvgIpc) is 2.83. The molecule has 0 aromatic heterocycles. The van der Waals surface area contributed by atoms with E-state index in [-0.39, 0.29) is 0 Å². The van der Waals surface area contributed by atoms with Crippen LogP contribution in [0.1, 0.15) is 43.6 Å². The largest absolute Gasteiger partial charge is 0.117 e. The predicted octanol–water partition coefficient (Wildman–Crippen LogP) is 5.76. The van der Waals surface area contributed by atoms with E-state index in [0.717, 1.165) is 5.92 Å². The minimum absolute atomic E-state index is 0.776. The fraction of sp³-hybridized carbons (Fsp3) is 0.316. The van der Waals surface area contributed by atoms with Gasteiger partial charge in [0.15, 0.2) is 0 Å². The molecular formula is C19H19-. The van der Waals surface area contributed by atoms with Crippen molar-refractivity contribution in [2.45, 2.75) is 38.0 Å². The highest BCUT2D eigenvalue weighted by molar-refractivity contribution is 6.15. The van der Waals surface area contributed by atoms with E-state index < -0.39 is 0 Å². The first-order chi connectivity index (χ1) is 9.45. The number of fused-ring (bicyclic) bond motifs is 3. The van der Waals surface area contributed by atoms with Crippen molar-refractivity contribution >= 4 is 21.5 Å². The van der Waals surface area contributed by atoms with Crippen molar-refractivity contribution in [3.63, 3.8) is 0 Å². The first-order valence-electron chi connectivity index (χ1n) is 7.51. The third-order valence-corrected chi connectivity index (χ3v) is 4.74. The summed E-state index contributed by atoms with van der Waals surface area (Å²) in [6, 6.07) is 17.9. The quantitative estimate of drug-likeness (QED) is 0.479. The van der Waals surface area contributed by atoms with E-state index in [2.05, 4.69) is 48.5 Å². The lowest BCUT2D eigenvalue weighted by atomic mass is 9.83. The molecule has 0 atom stereocenters. The van der Waals surface area contributed by atoms with Gasteiger partial charge in [0.1, 0.15) is 0 Å². The molecule has 0 aliphatic heterocycles. The van der Waals surface area contributed by atoms with Crippen LogP contribution in [0.4, 0.5) is 0 Å². The van der Waals surface area contributed by atoms with E-state index in [1.165, 1.54) is 53.6 Å². The molecule has 0 heteroatoms. The van der Waals surface area contributed by atoms with E-state index >= 15 is 0 Å². The molecule has 0 amide bonds. The van der Waals surface area contributed by atoms with Crippen molar-refractivity contribution in [2.75, 3.05) is 0 Å². The van der Waals surface area contributed by atoms with Gasteiger partial charge in [-0.3, -0.25) is 0 Å². The molecule has 4 rings (SSSR count). The number of hydrogen-bond acceptors (Lipinski definition) is 0. The minimum atomic E-state index is 0.776. The summed E-state index contributed by atoms with van der Waals surface area (Å²) in [5.41, 5.74) is 1.63. The highest BCUT2D eigenvalue weighted by atomic mass is 14.3. The second-order valence-electron chi connectivity index (χ2n) is 5.84. The van der Waals surface area contributed by atoms with E-state index in [1.54, 1.807) is 5.56 Å². The molecule has 0 nitrogen and oxygen atoms in total. The van der Waals surface area contributed by atoms with Crippen LogP contribution < -0.4 is 0 Å². The zero-order chi connectivity index (χ0) is 12.7. The molecular weight excluding hydrogens is 228 g/mol. The third kappa shape index (κ3) is 1.70. The SMILES string of the molecule is c1ccc2c(c1)c(C1CCCCC1)c1cccc[c-]12. The number of hydrogen-bond donors (Lipinski definition) is 0. The molecule has 3 aromatic rings. The molecule has 1 aliphatic carbocycles. The fourth-order valence-corrected chi connectivity index (χ4v) is 3.88. The van der Waals surface area contributed by atoms with Gasteiger partial charge in [0.25, 0.3) is 0 Å². The molecule has 1 saturated carbocycles. The molecule has 1 fully saturated rings. The van der Waals surface area contributed by atoms with Gasteiger partial charge in [0, 0.05) is 0 Å². The van der Waals surface area contributed by atoms with Crippen molar-refractivity contribution in [3.05, 3.63) is 54.1 Å². The predicted molar refractivity (Wildman–Crippen MR) is 82.9 cm³/mol. The Labute approximate surface area is 114 Å². The highest BCUT2D eigenvalue weighted by Gasteiger charge is 2.17. The van der Waals surface area contributed by atoms with Crippen LogP contribution in [0.5, 0.6) is 0 Å². The van der Waals surface area contributed by atoms with E-state index in [0.29, 0.717) is 0 Å². The third-order valence-electron chi connectivity index (χ3n) is 4.74. The van der Waals surface area contributed by atoms with Crippen LogP contribution >= 0.6 is 0 Å². The van der Waals surface area contributed by atoms with Crippen molar-refractivity contribution < 1.29 is 0 Å². The lowest BCUT2D eigenvalue weighted by Crippen LogP contribution is -2.04.